The molecule has 1 saturated carbocycles. The predicted molar refractivity (Wildman–Crippen MR) is 111 cm³/mol. The minimum Gasteiger partial charge on any atom is -0.460 e. The number of anilines is 1. The van der Waals surface area contributed by atoms with Crippen molar-refractivity contribution in [3.05, 3.63) is 29.8 Å². The molecule has 29 heavy (non-hydrogen) atoms. The maximum absolute atomic E-state index is 13.3. The van der Waals surface area contributed by atoms with Crippen LogP contribution >= 0.6 is 0 Å². The molecule has 1 atom stereocenters. The lowest BCUT2D eigenvalue weighted by Gasteiger charge is -2.44. The van der Waals surface area contributed by atoms with E-state index in [1.807, 2.05) is 39.0 Å². The van der Waals surface area contributed by atoms with Gasteiger partial charge in [-0.05, 0) is 60.5 Å². The molecule has 1 fully saturated rings. The number of hydrogen-bond acceptors (Lipinski definition) is 5. The molecule has 1 aliphatic heterocycles. The van der Waals surface area contributed by atoms with Crippen LogP contribution in [0.3, 0.4) is 0 Å². The predicted octanol–water partition coefficient (Wildman–Crippen LogP) is 4.67. The van der Waals surface area contributed by atoms with Crippen molar-refractivity contribution in [1.82, 2.24) is 0 Å². The highest BCUT2D eigenvalue weighted by molar-refractivity contribution is 5.95. The molecule has 1 aliphatic carbocycles. The molecule has 1 heterocycles. The molecule has 6 heteroatoms. The lowest BCUT2D eigenvalue weighted by atomic mass is 9.74. The number of benzene rings is 1. The Labute approximate surface area is 173 Å². The fraction of sp³-hybridized carbons (Fsp3) is 0.652. The first-order valence-corrected chi connectivity index (χ1v) is 10.4. The fourth-order valence-electron chi connectivity index (χ4n) is 4.71. The molecule has 0 aromatic heterocycles. The number of amides is 1. The average Bonchev–Trinajstić information content (AvgIpc) is 3.09. The maximum Gasteiger partial charge on any atom is 0.415 e. The summed E-state index contributed by atoms with van der Waals surface area (Å²) in [6, 6.07) is 7.26. The average molecular weight is 404 g/mol. The van der Waals surface area contributed by atoms with Gasteiger partial charge in [0.25, 0.3) is 0 Å². The molecular weight excluding hydrogens is 370 g/mol. The third-order valence-corrected chi connectivity index (χ3v) is 5.62. The van der Waals surface area contributed by atoms with E-state index >= 15 is 0 Å². The zero-order valence-electron chi connectivity index (χ0n) is 18.4. The zero-order valence-corrected chi connectivity index (χ0v) is 18.4. The Balaban J connectivity index is 2.08. The first kappa shape index (κ1) is 21.6. The van der Waals surface area contributed by atoms with Crippen molar-refractivity contribution in [3.8, 4) is 0 Å². The molecule has 1 amide bonds. The molecule has 1 aromatic carbocycles. The van der Waals surface area contributed by atoms with Crippen LogP contribution in [0.1, 0.15) is 79.2 Å². The number of ether oxygens (including phenoxy) is 2. The molecular formula is C23H33NO5. The van der Waals surface area contributed by atoms with E-state index in [1.165, 1.54) is 0 Å². The molecule has 2 aliphatic rings. The van der Waals surface area contributed by atoms with E-state index in [4.69, 9.17) is 9.47 Å². The van der Waals surface area contributed by atoms with Gasteiger partial charge in [0, 0.05) is 5.56 Å². The summed E-state index contributed by atoms with van der Waals surface area (Å²) in [5.41, 5.74) is -2.58. The van der Waals surface area contributed by atoms with Crippen molar-refractivity contribution in [2.75, 3.05) is 4.90 Å². The molecule has 1 unspecified atom stereocenters. The van der Waals surface area contributed by atoms with Gasteiger partial charge in [0.05, 0.1) is 17.6 Å². The number of esters is 1. The second kappa shape index (κ2) is 7.01. The Morgan fingerprint density at radius 1 is 1.00 bits per heavy atom. The van der Waals surface area contributed by atoms with Crippen molar-refractivity contribution >= 4 is 17.7 Å². The Bertz CT molecular complexity index is 798. The van der Waals surface area contributed by atoms with Crippen LogP contribution in [-0.2, 0) is 19.9 Å². The number of rotatable bonds is 2. The van der Waals surface area contributed by atoms with Crippen LogP contribution < -0.4 is 4.90 Å². The molecule has 0 radical (unpaired) electrons. The van der Waals surface area contributed by atoms with Crippen LogP contribution in [0.15, 0.2) is 24.3 Å². The highest BCUT2D eigenvalue weighted by Gasteiger charge is 2.65. The second-order valence-corrected chi connectivity index (χ2v) is 10.2. The Morgan fingerprint density at radius 3 is 2.10 bits per heavy atom. The molecule has 160 valence electrons. The van der Waals surface area contributed by atoms with E-state index in [1.54, 1.807) is 31.7 Å². The Hall–Kier alpha value is -2.08. The summed E-state index contributed by atoms with van der Waals surface area (Å²) in [7, 11) is 0. The molecule has 1 N–H and O–H groups in total. The van der Waals surface area contributed by atoms with Crippen LogP contribution in [0.5, 0.6) is 0 Å². The number of para-hydroxylation sites is 1. The number of aliphatic hydroxyl groups is 1. The van der Waals surface area contributed by atoms with Gasteiger partial charge in [-0.1, -0.05) is 31.0 Å². The summed E-state index contributed by atoms with van der Waals surface area (Å²) in [4.78, 5) is 27.6. The van der Waals surface area contributed by atoms with E-state index in [-0.39, 0.29) is 6.42 Å². The van der Waals surface area contributed by atoms with Gasteiger partial charge in [-0.2, -0.15) is 0 Å². The van der Waals surface area contributed by atoms with E-state index < -0.39 is 34.4 Å². The Kier molecular flexibility index (Phi) is 5.23. The first-order chi connectivity index (χ1) is 13.3. The molecule has 0 saturated heterocycles. The number of nitrogens with zero attached hydrogens (tertiary/aromatic N) is 1. The second-order valence-electron chi connectivity index (χ2n) is 10.2. The first-order valence-electron chi connectivity index (χ1n) is 10.4. The third kappa shape index (κ3) is 3.87. The van der Waals surface area contributed by atoms with Crippen LogP contribution in [0.4, 0.5) is 10.5 Å². The van der Waals surface area contributed by atoms with Gasteiger partial charge in [-0.25, -0.2) is 4.79 Å². The van der Waals surface area contributed by atoms with Crippen molar-refractivity contribution in [3.63, 3.8) is 0 Å². The quantitative estimate of drug-likeness (QED) is 0.726. The van der Waals surface area contributed by atoms with Gasteiger partial charge in [0.2, 0.25) is 0 Å². The normalized spacial score (nSPS) is 23.2. The lowest BCUT2D eigenvalue weighted by molar-refractivity contribution is -0.163. The standard InChI is InChI=1S/C23H33NO5/c1-20(2,3)28-18(25)15-23(27)16-11-7-8-12-17(16)24(19(26)29-21(4,5)6)22(23)13-9-10-14-22/h7-8,11-12,27H,9-10,13-15H2,1-6H3. The van der Waals surface area contributed by atoms with Crippen LogP contribution in [0, 0.1) is 0 Å². The van der Waals surface area contributed by atoms with Gasteiger partial charge in [-0.3, -0.25) is 9.69 Å². The van der Waals surface area contributed by atoms with E-state index in [0.717, 1.165) is 12.8 Å². The van der Waals surface area contributed by atoms with Crippen LogP contribution in [-0.4, -0.2) is 33.9 Å². The van der Waals surface area contributed by atoms with Crippen molar-refractivity contribution in [1.29, 1.82) is 0 Å². The van der Waals surface area contributed by atoms with E-state index in [2.05, 4.69) is 0 Å². The number of carbonyl (C=O) groups excluding carboxylic acids is 2. The minimum atomic E-state index is -1.53. The van der Waals surface area contributed by atoms with Gasteiger partial charge >= 0.3 is 12.1 Å². The maximum atomic E-state index is 13.3. The summed E-state index contributed by atoms with van der Waals surface area (Å²) < 4.78 is 11.2. The van der Waals surface area contributed by atoms with Crippen LogP contribution in [0.2, 0.25) is 0 Å². The van der Waals surface area contributed by atoms with E-state index in [9.17, 15) is 14.7 Å². The highest BCUT2D eigenvalue weighted by atomic mass is 16.6. The summed E-state index contributed by atoms with van der Waals surface area (Å²) in [5, 5.41) is 12.0. The third-order valence-electron chi connectivity index (χ3n) is 5.62. The largest absolute Gasteiger partial charge is 0.460 e. The zero-order chi connectivity index (χ0) is 21.7. The monoisotopic (exact) mass is 403 g/mol. The molecule has 6 nitrogen and oxygen atoms in total. The molecule has 3 rings (SSSR count). The molecule has 1 aromatic rings. The smallest absolute Gasteiger partial charge is 0.415 e. The molecule has 0 bridgehead atoms. The number of hydrogen-bond donors (Lipinski definition) is 1. The van der Waals surface area contributed by atoms with Crippen molar-refractivity contribution in [2.24, 2.45) is 0 Å². The summed E-state index contributed by atoms with van der Waals surface area (Å²) in [6.45, 7) is 10.9. The Morgan fingerprint density at radius 2 is 1.55 bits per heavy atom. The van der Waals surface area contributed by atoms with E-state index in [0.29, 0.717) is 24.1 Å². The topological polar surface area (TPSA) is 76.1 Å². The number of fused-ring (bicyclic) bond motifs is 1. The van der Waals surface area contributed by atoms with Crippen molar-refractivity contribution < 1.29 is 24.2 Å². The fourth-order valence-corrected chi connectivity index (χ4v) is 4.71. The highest BCUT2D eigenvalue weighted by Crippen LogP contribution is 2.59. The SMILES string of the molecule is CC(C)(C)OC(=O)CC1(O)c2ccccc2N(C(=O)OC(C)(C)C)C12CCCC2. The summed E-state index contributed by atoms with van der Waals surface area (Å²) in [5.74, 6) is -0.480. The van der Waals surface area contributed by atoms with Crippen molar-refractivity contribution in [2.45, 2.75) is 96.0 Å². The summed E-state index contributed by atoms with van der Waals surface area (Å²) >= 11 is 0. The lowest BCUT2D eigenvalue weighted by Crippen LogP contribution is -2.60. The summed E-state index contributed by atoms with van der Waals surface area (Å²) in [6.07, 6.45) is 2.22. The van der Waals surface area contributed by atoms with Gasteiger partial charge in [0.15, 0.2) is 0 Å². The molecule has 1 spiro atoms. The van der Waals surface area contributed by atoms with Gasteiger partial charge < -0.3 is 14.6 Å². The van der Waals surface area contributed by atoms with Gasteiger partial charge in [0.1, 0.15) is 16.8 Å². The number of carbonyl (C=O) groups is 2. The van der Waals surface area contributed by atoms with Gasteiger partial charge in [-0.15, -0.1) is 0 Å². The minimum absolute atomic E-state index is 0.208. The van der Waals surface area contributed by atoms with Crippen LogP contribution in [0.25, 0.3) is 0 Å².